The van der Waals surface area contributed by atoms with Gasteiger partial charge in [-0.25, -0.2) is 12.7 Å². The average molecular weight is 261 g/mol. The first-order valence-electron chi connectivity index (χ1n) is 4.96. The molecular formula is C8H14F3NO3S. The van der Waals surface area contributed by atoms with E-state index >= 15 is 0 Å². The molecule has 1 aliphatic rings. The number of nitrogens with zero attached hydrogens (tertiary/aromatic N) is 1. The molecular weight excluding hydrogens is 247 g/mol. The van der Waals surface area contributed by atoms with Crippen LogP contribution in [0.5, 0.6) is 0 Å². The van der Waals surface area contributed by atoms with Crippen LogP contribution in [0.25, 0.3) is 0 Å². The molecule has 1 unspecified atom stereocenters. The molecule has 1 heterocycles. The molecule has 0 aromatic rings. The summed E-state index contributed by atoms with van der Waals surface area (Å²) in [6.07, 6.45) is -6.64. The monoisotopic (exact) mass is 261 g/mol. The van der Waals surface area contributed by atoms with Gasteiger partial charge in [0.25, 0.3) is 0 Å². The topological polar surface area (TPSA) is 57.6 Å². The van der Waals surface area contributed by atoms with Crippen LogP contribution in [0.2, 0.25) is 0 Å². The molecule has 0 saturated carbocycles. The van der Waals surface area contributed by atoms with Crippen molar-refractivity contribution in [1.29, 1.82) is 0 Å². The molecule has 4 nitrogen and oxygen atoms in total. The number of halogens is 3. The van der Waals surface area contributed by atoms with E-state index in [4.69, 9.17) is 5.11 Å². The Balaban J connectivity index is 2.48. The lowest BCUT2D eigenvalue weighted by Crippen LogP contribution is -2.35. The number of sulfonamides is 1. The summed E-state index contributed by atoms with van der Waals surface area (Å²) in [5, 5.41) is 8.68. The third-order valence-corrected chi connectivity index (χ3v) is 4.39. The van der Waals surface area contributed by atoms with E-state index in [1.807, 2.05) is 0 Å². The van der Waals surface area contributed by atoms with Crippen molar-refractivity contribution in [2.75, 3.05) is 18.8 Å². The molecule has 0 aliphatic carbocycles. The Morgan fingerprint density at radius 3 is 2.19 bits per heavy atom. The number of hydrogen-bond acceptors (Lipinski definition) is 3. The number of aliphatic hydroxyl groups excluding tert-OH is 1. The van der Waals surface area contributed by atoms with Crippen LogP contribution in [0.4, 0.5) is 13.2 Å². The summed E-state index contributed by atoms with van der Waals surface area (Å²) in [6.45, 7) is 0.731. The zero-order valence-electron chi connectivity index (χ0n) is 8.57. The van der Waals surface area contributed by atoms with Crippen molar-refractivity contribution >= 4 is 10.0 Å². The predicted octanol–water partition coefficient (Wildman–Crippen LogP) is 0.725. The van der Waals surface area contributed by atoms with E-state index in [2.05, 4.69) is 0 Å². The van der Waals surface area contributed by atoms with Crippen molar-refractivity contribution in [3.63, 3.8) is 0 Å². The normalized spacial score (nSPS) is 21.2. The van der Waals surface area contributed by atoms with Crippen LogP contribution < -0.4 is 0 Å². The van der Waals surface area contributed by atoms with Crippen molar-refractivity contribution in [3.8, 4) is 0 Å². The Morgan fingerprint density at radius 2 is 1.75 bits per heavy atom. The Kier molecular flexibility index (Phi) is 4.19. The maximum absolute atomic E-state index is 11.9. The summed E-state index contributed by atoms with van der Waals surface area (Å²) in [6, 6.07) is 0. The number of aliphatic hydroxyl groups is 1. The molecule has 96 valence electrons. The van der Waals surface area contributed by atoms with Crippen LogP contribution in [0, 0.1) is 0 Å². The Labute approximate surface area is 92.1 Å². The van der Waals surface area contributed by atoms with E-state index in [0.29, 0.717) is 13.1 Å². The molecule has 0 radical (unpaired) electrons. The third kappa shape index (κ3) is 3.60. The lowest BCUT2D eigenvalue weighted by Gasteiger charge is -2.18. The van der Waals surface area contributed by atoms with E-state index in [0.717, 1.165) is 12.8 Å². The fourth-order valence-electron chi connectivity index (χ4n) is 1.52. The number of rotatable bonds is 4. The molecule has 8 heteroatoms. The van der Waals surface area contributed by atoms with Crippen molar-refractivity contribution in [2.24, 2.45) is 0 Å². The highest BCUT2D eigenvalue weighted by Gasteiger charge is 2.39. The van der Waals surface area contributed by atoms with Gasteiger partial charge in [-0.05, 0) is 19.3 Å². The molecule has 1 saturated heterocycles. The summed E-state index contributed by atoms with van der Waals surface area (Å²) in [7, 11) is -3.64. The molecule has 0 aromatic carbocycles. The van der Waals surface area contributed by atoms with Gasteiger partial charge in [-0.15, -0.1) is 0 Å². The SMILES string of the molecule is O=S(=O)(CCC(O)C(F)(F)F)N1CCCC1. The Bertz CT molecular complexity index is 322. The van der Waals surface area contributed by atoms with Crippen LogP contribution in [-0.4, -0.2) is 49.0 Å². The molecule has 0 spiro atoms. The molecule has 1 aliphatic heterocycles. The highest BCUT2D eigenvalue weighted by atomic mass is 32.2. The fourth-order valence-corrected chi connectivity index (χ4v) is 3.11. The minimum atomic E-state index is -4.75. The molecule has 1 fully saturated rings. The van der Waals surface area contributed by atoms with E-state index in [1.165, 1.54) is 4.31 Å². The first-order chi connectivity index (χ1) is 7.23. The summed E-state index contributed by atoms with van der Waals surface area (Å²) >= 11 is 0. The van der Waals surface area contributed by atoms with Crippen molar-refractivity contribution in [2.45, 2.75) is 31.5 Å². The molecule has 0 bridgehead atoms. The highest BCUT2D eigenvalue weighted by Crippen LogP contribution is 2.23. The maximum atomic E-state index is 11.9. The first kappa shape index (κ1) is 13.7. The van der Waals surface area contributed by atoms with E-state index in [1.54, 1.807) is 0 Å². The number of alkyl halides is 3. The quantitative estimate of drug-likeness (QED) is 0.811. The van der Waals surface area contributed by atoms with Crippen LogP contribution in [0.1, 0.15) is 19.3 Å². The van der Waals surface area contributed by atoms with Crippen LogP contribution in [0.3, 0.4) is 0 Å². The summed E-state index contributed by atoms with van der Waals surface area (Å²) in [4.78, 5) is 0. The van der Waals surface area contributed by atoms with Gasteiger partial charge in [0.2, 0.25) is 10.0 Å². The van der Waals surface area contributed by atoms with Gasteiger partial charge in [0.05, 0.1) is 5.75 Å². The molecule has 1 atom stereocenters. The minimum Gasteiger partial charge on any atom is -0.384 e. The van der Waals surface area contributed by atoms with E-state index < -0.39 is 34.5 Å². The fraction of sp³-hybridized carbons (Fsp3) is 1.00. The van der Waals surface area contributed by atoms with E-state index in [9.17, 15) is 21.6 Å². The summed E-state index contributed by atoms with van der Waals surface area (Å²) in [5.41, 5.74) is 0. The van der Waals surface area contributed by atoms with Gasteiger partial charge >= 0.3 is 6.18 Å². The van der Waals surface area contributed by atoms with Gasteiger partial charge < -0.3 is 5.11 Å². The van der Waals surface area contributed by atoms with Crippen molar-refractivity contribution in [1.82, 2.24) is 4.31 Å². The lowest BCUT2D eigenvalue weighted by atomic mass is 10.3. The zero-order chi connectivity index (χ0) is 12.4. The first-order valence-corrected chi connectivity index (χ1v) is 6.57. The molecule has 16 heavy (non-hydrogen) atoms. The predicted molar refractivity (Wildman–Crippen MR) is 51.3 cm³/mol. The minimum absolute atomic E-state index is 0.366. The lowest BCUT2D eigenvalue weighted by molar-refractivity contribution is -0.203. The summed E-state index contributed by atoms with van der Waals surface area (Å²) < 4.78 is 60.0. The third-order valence-electron chi connectivity index (χ3n) is 2.49. The van der Waals surface area contributed by atoms with Gasteiger partial charge in [0.1, 0.15) is 0 Å². The van der Waals surface area contributed by atoms with Gasteiger partial charge in [-0.2, -0.15) is 13.2 Å². The maximum Gasteiger partial charge on any atom is 0.414 e. The second-order valence-corrected chi connectivity index (χ2v) is 5.86. The Hall–Kier alpha value is -0.340. The molecule has 0 aromatic heterocycles. The van der Waals surface area contributed by atoms with Gasteiger partial charge in [-0.3, -0.25) is 0 Å². The number of hydrogen-bond donors (Lipinski definition) is 1. The van der Waals surface area contributed by atoms with Crippen LogP contribution in [0.15, 0.2) is 0 Å². The highest BCUT2D eigenvalue weighted by molar-refractivity contribution is 7.89. The average Bonchev–Trinajstić information content (AvgIpc) is 2.65. The van der Waals surface area contributed by atoms with Crippen molar-refractivity contribution in [3.05, 3.63) is 0 Å². The molecule has 1 rings (SSSR count). The van der Waals surface area contributed by atoms with Gasteiger partial charge in [0.15, 0.2) is 6.10 Å². The second-order valence-electron chi connectivity index (χ2n) is 3.77. The Morgan fingerprint density at radius 1 is 1.25 bits per heavy atom. The van der Waals surface area contributed by atoms with Gasteiger partial charge in [-0.1, -0.05) is 0 Å². The second kappa shape index (κ2) is 4.89. The van der Waals surface area contributed by atoms with Gasteiger partial charge in [0, 0.05) is 13.1 Å². The van der Waals surface area contributed by atoms with Crippen LogP contribution in [-0.2, 0) is 10.0 Å². The zero-order valence-corrected chi connectivity index (χ0v) is 9.39. The summed E-state index contributed by atoms with van der Waals surface area (Å²) in [5.74, 6) is -0.659. The standard InChI is InChI=1S/C8H14F3NO3S/c9-8(10,11)7(13)3-6-16(14,15)12-4-1-2-5-12/h7,13H,1-6H2. The van der Waals surface area contributed by atoms with E-state index in [-0.39, 0.29) is 0 Å². The van der Waals surface area contributed by atoms with Crippen LogP contribution >= 0.6 is 0 Å². The smallest absolute Gasteiger partial charge is 0.384 e. The largest absolute Gasteiger partial charge is 0.414 e. The molecule has 0 amide bonds. The molecule has 1 N–H and O–H groups in total. The van der Waals surface area contributed by atoms with Crippen molar-refractivity contribution < 1.29 is 26.7 Å².